The van der Waals surface area contributed by atoms with E-state index in [4.69, 9.17) is 18.9 Å². The van der Waals surface area contributed by atoms with Crippen molar-refractivity contribution >= 4 is 0 Å². The Morgan fingerprint density at radius 3 is 2.20 bits per heavy atom. The molecule has 5 heteroatoms. The van der Waals surface area contributed by atoms with Crippen molar-refractivity contribution in [3.63, 3.8) is 0 Å². The molecular formula is C20H22O5. The van der Waals surface area contributed by atoms with Crippen LogP contribution in [-0.4, -0.2) is 43.4 Å². The van der Waals surface area contributed by atoms with Crippen LogP contribution < -0.4 is 0 Å². The molecule has 0 saturated carbocycles. The second-order valence-electron chi connectivity index (χ2n) is 6.38. The van der Waals surface area contributed by atoms with Crippen LogP contribution in [0, 0.1) is 0 Å². The molecule has 0 amide bonds. The first-order valence-corrected chi connectivity index (χ1v) is 8.51. The molecule has 2 aromatic carbocycles. The van der Waals surface area contributed by atoms with Gasteiger partial charge in [0.25, 0.3) is 0 Å². The van der Waals surface area contributed by atoms with Crippen LogP contribution in [0.25, 0.3) is 0 Å². The van der Waals surface area contributed by atoms with Crippen LogP contribution in [0.1, 0.15) is 23.3 Å². The van der Waals surface area contributed by atoms with Gasteiger partial charge in [0.2, 0.25) is 0 Å². The van der Waals surface area contributed by atoms with Crippen molar-refractivity contribution in [2.75, 3.05) is 13.7 Å². The van der Waals surface area contributed by atoms with Gasteiger partial charge in [-0.3, -0.25) is 0 Å². The summed E-state index contributed by atoms with van der Waals surface area (Å²) in [6, 6.07) is 19.7. The minimum absolute atomic E-state index is 0.250. The van der Waals surface area contributed by atoms with Gasteiger partial charge < -0.3 is 24.1 Å². The van der Waals surface area contributed by atoms with E-state index in [1.165, 1.54) is 7.11 Å². The zero-order valence-corrected chi connectivity index (χ0v) is 14.0. The number of ether oxygens (including phenoxy) is 4. The number of aliphatic hydroxyl groups is 1. The molecule has 0 radical (unpaired) electrons. The van der Waals surface area contributed by atoms with E-state index in [2.05, 4.69) is 0 Å². The summed E-state index contributed by atoms with van der Waals surface area (Å²) >= 11 is 0. The van der Waals surface area contributed by atoms with Crippen molar-refractivity contribution < 1.29 is 24.1 Å². The normalized spacial score (nSPS) is 35.1. The lowest BCUT2D eigenvalue weighted by molar-refractivity contribution is -0.339. The van der Waals surface area contributed by atoms with Crippen LogP contribution in [0.4, 0.5) is 0 Å². The molecule has 132 valence electrons. The molecule has 25 heavy (non-hydrogen) atoms. The van der Waals surface area contributed by atoms with Gasteiger partial charge >= 0.3 is 0 Å². The lowest BCUT2D eigenvalue weighted by Crippen LogP contribution is -2.58. The van der Waals surface area contributed by atoms with Crippen molar-refractivity contribution in [3.8, 4) is 0 Å². The fourth-order valence-corrected chi connectivity index (χ4v) is 3.64. The Kier molecular flexibility index (Phi) is 4.83. The zero-order chi connectivity index (χ0) is 17.2. The van der Waals surface area contributed by atoms with Crippen molar-refractivity contribution in [1.82, 2.24) is 0 Å². The third-order valence-corrected chi connectivity index (χ3v) is 4.86. The molecular weight excluding hydrogens is 320 g/mol. The predicted octanol–water partition coefficient (Wildman–Crippen LogP) is 2.62. The summed E-state index contributed by atoms with van der Waals surface area (Å²) in [5, 5.41) is 10.8. The Morgan fingerprint density at radius 1 is 0.920 bits per heavy atom. The predicted molar refractivity (Wildman–Crippen MR) is 90.9 cm³/mol. The lowest BCUT2D eigenvalue weighted by Gasteiger charge is -2.48. The first kappa shape index (κ1) is 16.7. The van der Waals surface area contributed by atoms with Gasteiger partial charge in [-0.15, -0.1) is 0 Å². The topological polar surface area (TPSA) is 57.2 Å². The Hall–Kier alpha value is -1.76. The number of rotatable bonds is 3. The highest BCUT2D eigenvalue weighted by Crippen LogP contribution is 2.41. The molecule has 2 aromatic rings. The highest BCUT2D eigenvalue weighted by molar-refractivity contribution is 5.25. The van der Waals surface area contributed by atoms with E-state index < -0.39 is 18.7 Å². The van der Waals surface area contributed by atoms with Crippen LogP contribution >= 0.6 is 0 Å². The Bertz CT molecular complexity index is 677. The number of methoxy groups -OCH3 is 1. The molecule has 2 aliphatic heterocycles. The maximum atomic E-state index is 10.8. The van der Waals surface area contributed by atoms with E-state index in [0.717, 1.165) is 11.1 Å². The molecule has 5 nitrogen and oxygen atoms in total. The number of fused-ring (bicyclic) bond motifs is 1. The van der Waals surface area contributed by atoms with E-state index in [1.807, 2.05) is 60.7 Å². The summed E-state index contributed by atoms with van der Waals surface area (Å²) in [7, 11) is 1.54. The summed E-state index contributed by atoms with van der Waals surface area (Å²) in [5.41, 5.74) is 1.96. The zero-order valence-electron chi connectivity index (χ0n) is 14.0. The van der Waals surface area contributed by atoms with E-state index in [9.17, 15) is 5.11 Å². The van der Waals surface area contributed by atoms with E-state index in [0.29, 0.717) is 6.61 Å². The maximum absolute atomic E-state index is 10.8. The van der Waals surface area contributed by atoms with Gasteiger partial charge in [0.05, 0.1) is 12.7 Å². The van der Waals surface area contributed by atoms with Gasteiger partial charge in [-0.25, -0.2) is 0 Å². The standard InChI is InChI=1S/C20H22O5/c1-22-20-17(21)16(13-8-4-2-5-9-13)18-15(24-20)12-23-19(25-18)14-10-6-3-7-11-14/h2-11,15-21H,12H2,1H3/t15-,16-,17-,18+,19+,20-/m1/s1. The molecule has 2 saturated heterocycles. The minimum Gasteiger partial charge on any atom is -0.387 e. The fourth-order valence-electron chi connectivity index (χ4n) is 3.64. The third-order valence-electron chi connectivity index (χ3n) is 4.86. The SMILES string of the molecule is CO[C@@H]1O[C@@H]2CO[C@H](c3ccccc3)O[C@@H]2[C@H](c2ccccc2)[C@H]1O. The maximum Gasteiger partial charge on any atom is 0.184 e. The summed E-state index contributed by atoms with van der Waals surface area (Å²) in [6.45, 7) is 0.389. The molecule has 6 atom stereocenters. The van der Waals surface area contributed by atoms with Gasteiger partial charge in [0.15, 0.2) is 12.6 Å². The highest BCUT2D eigenvalue weighted by atomic mass is 16.7. The van der Waals surface area contributed by atoms with Crippen LogP contribution in [0.15, 0.2) is 60.7 Å². The smallest absolute Gasteiger partial charge is 0.184 e. The summed E-state index contributed by atoms with van der Waals surface area (Å²) < 4.78 is 23.3. The lowest BCUT2D eigenvalue weighted by atomic mass is 9.82. The third kappa shape index (κ3) is 3.21. The van der Waals surface area contributed by atoms with E-state index >= 15 is 0 Å². The molecule has 1 N–H and O–H groups in total. The van der Waals surface area contributed by atoms with Crippen molar-refractivity contribution in [2.45, 2.75) is 36.8 Å². The largest absolute Gasteiger partial charge is 0.387 e. The summed E-state index contributed by atoms with van der Waals surface area (Å²) in [6.07, 6.45) is -2.60. The highest BCUT2D eigenvalue weighted by Gasteiger charge is 2.50. The van der Waals surface area contributed by atoms with Crippen molar-refractivity contribution in [3.05, 3.63) is 71.8 Å². The number of benzene rings is 2. The molecule has 0 unspecified atom stereocenters. The number of aliphatic hydroxyl groups excluding tert-OH is 1. The second kappa shape index (κ2) is 7.23. The Labute approximate surface area is 147 Å². The van der Waals surface area contributed by atoms with Crippen LogP contribution in [-0.2, 0) is 18.9 Å². The number of hydrogen-bond acceptors (Lipinski definition) is 5. The molecule has 0 bridgehead atoms. The molecule has 2 aliphatic rings. The van der Waals surface area contributed by atoms with Crippen molar-refractivity contribution in [1.29, 1.82) is 0 Å². The molecule has 2 fully saturated rings. The van der Waals surface area contributed by atoms with E-state index in [1.54, 1.807) is 0 Å². The van der Waals surface area contributed by atoms with Crippen LogP contribution in [0.5, 0.6) is 0 Å². The Morgan fingerprint density at radius 2 is 1.56 bits per heavy atom. The first-order valence-electron chi connectivity index (χ1n) is 8.51. The molecule has 0 aromatic heterocycles. The van der Waals surface area contributed by atoms with Gasteiger partial charge in [-0.2, -0.15) is 0 Å². The van der Waals surface area contributed by atoms with Crippen molar-refractivity contribution in [2.24, 2.45) is 0 Å². The Balaban J connectivity index is 1.64. The minimum atomic E-state index is -0.817. The summed E-state index contributed by atoms with van der Waals surface area (Å²) in [5.74, 6) is -0.250. The fraction of sp³-hybridized carbons (Fsp3) is 0.400. The van der Waals surface area contributed by atoms with Gasteiger partial charge in [0.1, 0.15) is 12.2 Å². The molecule has 0 aliphatic carbocycles. The summed E-state index contributed by atoms with van der Waals surface area (Å²) in [4.78, 5) is 0. The molecule has 2 heterocycles. The molecule has 4 rings (SSSR count). The first-order chi connectivity index (χ1) is 12.3. The number of hydrogen-bond donors (Lipinski definition) is 1. The average molecular weight is 342 g/mol. The van der Waals surface area contributed by atoms with Gasteiger partial charge in [-0.05, 0) is 5.56 Å². The van der Waals surface area contributed by atoms with Gasteiger partial charge in [-0.1, -0.05) is 60.7 Å². The monoisotopic (exact) mass is 342 g/mol. The van der Waals surface area contributed by atoms with Crippen LogP contribution in [0.2, 0.25) is 0 Å². The second-order valence-corrected chi connectivity index (χ2v) is 6.38. The van der Waals surface area contributed by atoms with Gasteiger partial charge in [0, 0.05) is 18.6 Å². The van der Waals surface area contributed by atoms with Crippen LogP contribution in [0.3, 0.4) is 0 Å². The van der Waals surface area contributed by atoms with E-state index in [-0.39, 0.29) is 18.1 Å². The quantitative estimate of drug-likeness (QED) is 0.929. The molecule has 0 spiro atoms. The average Bonchev–Trinajstić information content (AvgIpc) is 2.68.